The molecular weight excluding hydrogens is 504 g/mol. The Morgan fingerprint density at radius 3 is 0.800 bits per heavy atom. The second-order valence-electron chi connectivity index (χ2n) is 10.6. The van der Waals surface area contributed by atoms with E-state index in [1.807, 2.05) is 0 Å². The van der Waals surface area contributed by atoms with Crippen LogP contribution in [0.4, 0.5) is 0 Å². The first-order valence-corrected chi connectivity index (χ1v) is 23.2. The van der Waals surface area contributed by atoms with E-state index in [9.17, 15) is 0 Å². The molecule has 0 aromatic carbocycles. The van der Waals surface area contributed by atoms with E-state index in [0.29, 0.717) is 13.2 Å². The van der Waals surface area contributed by atoms with Gasteiger partial charge in [-0.05, 0) is 0 Å². The molecule has 0 radical (unpaired) electrons. The zero-order chi connectivity index (χ0) is 26.5. The Bertz CT molecular complexity index is 396. The fourth-order valence-corrected chi connectivity index (χ4v) is 25.4. The maximum absolute atomic E-state index is 7.50. The molecule has 0 rings (SSSR count). The van der Waals surface area contributed by atoms with Crippen molar-refractivity contribution in [2.75, 3.05) is 13.2 Å². The first-order valence-electron chi connectivity index (χ1n) is 15.6. The van der Waals surface area contributed by atoms with Crippen LogP contribution in [0.3, 0.4) is 0 Å². The molecule has 0 aliphatic carbocycles. The van der Waals surface area contributed by atoms with Gasteiger partial charge in [-0.3, -0.25) is 0 Å². The molecule has 0 amide bonds. The van der Waals surface area contributed by atoms with Gasteiger partial charge in [0, 0.05) is 0 Å². The van der Waals surface area contributed by atoms with E-state index < -0.39 is 34.8 Å². The third-order valence-electron chi connectivity index (χ3n) is 7.24. The Morgan fingerprint density at radius 2 is 0.629 bits per heavy atom. The molecular formula is C28H64O4Si2Ti. The van der Waals surface area contributed by atoms with E-state index >= 15 is 0 Å². The van der Waals surface area contributed by atoms with Crippen molar-refractivity contribution in [3.8, 4) is 0 Å². The minimum absolute atomic E-state index is 0.625. The zero-order valence-corrected chi connectivity index (χ0v) is 28.8. The Hall–Kier alpha value is 0.988. The van der Waals surface area contributed by atoms with Crippen LogP contribution < -0.4 is 0 Å². The summed E-state index contributed by atoms with van der Waals surface area (Å²) in [4.78, 5) is 0. The zero-order valence-electron chi connectivity index (χ0n) is 25.3. The Morgan fingerprint density at radius 1 is 0.400 bits per heavy atom. The monoisotopic (exact) mass is 568 g/mol. The van der Waals surface area contributed by atoms with Crippen LogP contribution in [0.25, 0.3) is 0 Å². The van der Waals surface area contributed by atoms with Crippen LogP contribution in [-0.4, -0.2) is 29.8 Å². The molecule has 0 heterocycles. The van der Waals surface area contributed by atoms with E-state index in [-0.39, 0.29) is 0 Å². The van der Waals surface area contributed by atoms with Gasteiger partial charge in [0.25, 0.3) is 0 Å². The fraction of sp³-hybridized carbons (Fsp3) is 1.00. The molecule has 0 bridgehead atoms. The molecule has 4 nitrogen and oxygen atoms in total. The third-order valence-corrected chi connectivity index (χ3v) is 24.6. The van der Waals surface area contributed by atoms with Crippen molar-refractivity contribution in [3.05, 3.63) is 0 Å². The predicted molar refractivity (Wildman–Crippen MR) is 155 cm³/mol. The first-order chi connectivity index (χ1) is 16.9. The number of rotatable bonds is 26. The summed E-state index contributed by atoms with van der Waals surface area (Å²) in [5.41, 5.74) is 0. The summed E-state index contributed by atoms with van der Waals surface area (Å²) in [5, 5.41) is 0. The minimum atomic E-state index is -3.92. The van der Waals surface area contributed by atoms with Gasteiger partial charge in [0.2, 0.25) is 0 Å². The average molecular weight is 569 g/mol. The molecule has 0 aliphatic rings. The normalized spacial score (nSPS) is 13.0. The second kappa shape index (κ2) is 21.9. The second-order valence-corrected chi connectivity index (χ2v) is 23.1. The molecule has 35 heavy (non-hydrogen) atoms. The third kappa shape index (κ3) is 14.6. The van der Waals surface area contributed by atoms with Gasteiger partial charge >= 0.3 is 229 Å². The Kier molecular flexibility index (Phi) is 22.5. The summed E-state index contributed by atoms with van der Waals surface area (Å²) in [5.74, 6) is 0. The van der Waals surface area contributed by atoms with Crippen molar-refractivity contribution in [2.45, 2.75) is 169 Å². The van der Waals surface area contributed by atoms with Crippen molar-refractivity contribution in [3.63, 3.8) is 0 Å². The molecule has 0 unspecified atom stereocenters. The van der Waals surface area contributed by atoms with E-state index in [1.54, 1.807) is 0 Å². The van der Waals surface area contributed by atoms with Gasteiger partial charge in [0.1, 0.15) is 0 Å². The van der Waals surface area contributed by atoms with Gasteiger partial charge in [-0.25, -0.2) is 0 Å². The standard InChI is InChI=1S/2C12H27OSi.2C2H5O.Ti/c2*1-4-7-10-14(13,11-8-5-2)12-9-6-3;2*1-2-3;/h2*4-12H2,1-3H3;2*2H2,1H3;/q4*-1;+4. The molecule has 0 aromatic rings. The molecule has 0 fully saturated rings. The van der Waals surface area contributed by atoms with Crippen molar-refractivity contribution in [1.82, 2.24) is 0 Å². The first kappa shape index (κ1) is 36.0. The average Bonchev–Trinajstić information content (AvgIpc) is 2.86. The summed E-state index contributed by atoms with van der Waals surface area (Å²) in [6, 6.07) is 7.38. The maximum atomic E-state index is 7.50. The van der Waals surface area contributed by atoms with Crippen LogP contribution in [0.1, 0.15) is 132 Å². The predicted octanol–water partition coefficient (Wildman–Crippen LogP) is 10.6. The molecule has 0 N–H and O–H groups in total. The summed E-state index contributed by atoms with van der Waals surface area (Å²) >= 11 is -3.92. The van der Waals surface area contributed by atoms with Gasteiger partial charge in [0.05, 0.1) is 0 Å². The van der Waals surface area contributed by atoms with E-state index in [1.165, 1.54) is 113 Å². The molecule has 0 spiro atoms. The van der Waals surface area contributed by atoms with Crippen molar-refractivity contribution >= 4 is 16.6 Å². The topological polar surface area (TPSA) is 36.9 Å². The van der Waals surface area contributed by atoms with Crippen LogP contribution >= 0.6 is 0 Å². The van der Waals surface area contributed by atoms with Gasteiger partial charge in [-0.2, -0.15) is 0 Å². The van der Waals surface area contributed by atoms with Crippen LogP contribution in [0, 0.1) is 0 Å². The summed E-state index contributed by atoms with van der Waals surface area (Å²) < 4.78 is 28.3. The molecule has 0 aliphatic heterocycles. The Labute approximate surface area is 228 Å². The molecule has 212 valence electrons. The van der Waals surface area contributed by atoms with E-state index in [0.717, 1.165) is 0 Å². The number of hydrogen-bond acceptors (Lipinski definition) is 4. The van der Waals surface area contributed by atoms with Crippen LogP contribution in [0.2, 0.25) is 36.3 Å². The molecule has 0 saturated heterocycles. The van der Waals surface area contributed by atoms with Crippen LogP contribution in [-0.2, 0) is 30.8 Å². The van der Waals surface area contributed by atoms with E-state index in [2.05, 4.69) is 55.4 Å². The number of unbranched alkanes of at least 4 members (excludes halogenated alkanes) is 6. The molecule has 7 heteroatoms. The van der Waals surface area contributed by atoms with Crippen molar-refractivity contribution in [1.29, 1.82) is 0 Å². The molecule has 0 atom stereocenters. The molecule has 0 aromatic heterocycles. The van der Waals surface area contributed by atoms with Gasteiger partial charge in [-0.15, -0.1) is 0 Å². The number of hydrogen-bond donors (Lipinski definition) is 0. The summed E-state index contributed by atoms with van der Waals surface area (Å²) in [7, 11) is -4.06. The van der Waals surface area contributed by atoms with Crippen LogP contribution in [0.5, 0.6) is 0 Å². The van der Waals surface area contributed by atoms with Gasteiger partial charge in [-0.1, -0.05) is 0 Å². The summed E-state index contributed by atoms with van der Waals surface area (Å²) in [6.07, 6.45) is 14.9. The van der Waals surface area contributed by atoms with Gasteiger partial charge < -0.3 is 0 Å². The van der Waals surface area contributed by atoms with Crippen molar-refractivity contribution < 1.29 is 30.8 Å². The SMILES string of the molecule is CCCC[Si](CCCC)(CCCC)[O][Ti]([O]CC)([O]CC)[O][Si](CCCC)(CCCC)CCCC. The Balaban J connectivity index is 6.47. The summed E-state index contributed by atoms with van der Waals surface area (Å²) in [6.45, 7) is 19.3. The van der Waals surface area contributed by atoms with Crippen molar-refractivity contribution in [2.24, 2.45) is 0 Å². The van der Waals surface area contributed by atoms with E-state index in [4.69, 9.17) is 12.7 Å². The quantitative estimate of drug-likeness (QED) is 0.0973. The molecule has 0 saturated carbocycles. The van der Waals surface area contributed by atoms with Crippen LogP contribution in [0.15, 0.2) is 0 Å². The van der Waals surface area contributed by atoms with Gasteiger partial charge in [0.15, 0.2) is 0 Å². The fourth-order valence-electron chi connectivity index (χ4n) is 5.11.